The molecule has 0 N–H and O–H groups in total. The Kier molecular flexibility index (Phi) is 3.79. The van der Waals surface area contributed by atoms with E-state index in [9.17, 15) is 13.2 Å². The molecule has 0 saturated heterocycles. The van der Waals surface area contributed by atoms with Crippen LogP contribution in [0, 0.1) is 0 Å². The van der Waals surface area contributed by atoms with Crippen molar-refractivity contribution in [2.24, 2.45) is 0 Å². The third kappa shape index (κ3) is 3.29. The van der Waals surface area contributed by atoms with Crippen molar-refractivity contribution in [1.29, 1.82) is 0 Å². The number of sulfone groups is 1. The molecule has 1 aromatic carbocycles. The van der Waals surface area contributed by atoms with E-state index in [0.29, 0.717) is 21.8 Å². The highest BCUT2D eigenvalue weighted by Crippen LogP contribution is 2.36. The molecule has 0 atom stereocenters. The average Bonchev–Trinajstić information content (AvgIpc) is 3.22. The van der Waals surface area contributed by atoms with Gasteiger partial charge in [0.1, 0.15) is 9.84 Å². The summed E-state index contributed by atoms with van der Waals surface area (Å²) in [6.07, 6.45) is 3.19. The summed E-state index contributed by atoms with van der Waals surface area (Å²) < 4.78 is 24.2. The first kappa shape index (κ1) is 14.6. The maximum Gasteiger partial charge on any atom is 0.262 e. The summed E-state index contributed by atoms with van der Waals surface area (Å²) in [5.41, 5.74) is 0.645. The van der Waals surface area contributed by atoms with Gasteiger partial charge in [0.2, 0.25) is 0 Å². The lowest BCUT2D eigenvalue weighted by Gasteiger charge is -2.11. The van der Waals surface area contributed by atoms with Crippen molar-refractivity contribution in [3.8, 4) is 0 Å². The molecule has 0 amide bonds. The largest absolute Gasteiger partial charge is 0.284 e. The number of rotatable bonds is 5. The van der Waals surface area contributed by atoms with E-state index in [4.69, 9.17) is 0 Å². The van der Waals surface area contributed by atoms with Crippen molar-refractivity contribution in [3.05, 3.63) is 34.6 Å². The van der Waals surface area contributed by atoms with Crippen LogP contribution in [-0.2, 0) is 9.84 Å². The van der Waals surface area contributed by atoms with Gasteiger partial charge in [-0.15, -0.1) is 0 Å². The molecule has 0 bridgehead atoms. The van der Waals surface area contributed by atoms with Crippen molar-refractivity contribution in [3.63, 3.8) is 0 Å². The second-order valence-corrected chi connectivity index (χ2v) is 8.62. The van der Waals surface area contributed by atoms with Crippen molar-refractivity contribution in [1.82, 2.24) is 9.55 Å². The van der Waals surface area contributed by atoms with Gasteiger partial charge in [0.15, 0.2) is 5.16 Å². The number of fused-ring (bicyclic) bond motifs is 1. The minimum atomic E-state index is -3.00. The Morgan fingerprint density at radius 3 is 2.71 bits per heavy atom. The summed E-state index contributed by atoms with van der Waals surface area (Å²) in [7, 11) is -3.00. The maximum absolute atomic E-state index is 12.6. The number of para-hydroxylation sites is 1. The molecule has 3 rings (SSSR count). The van der Waals surface area contributed by atoms with Crippen LogP contribution in [0.4, 0.5) is 0 Å². The standard InChI is InChI=1S/C14H16N2O3S2/c1-21(18,19)9-8-20-14-15-12-5-3-2-4-11(12)13(17)16(14)10-6-7-10/h2-5,10H,6-9H2,1H3. The van der Waals surface area contributed by atoms with Gasteiger partial charge in [0.05, 0.1) is 16.7 Å². The van der Waals surface area contributed by atoms with Crippen molar-refractivity contribution >= 4 is 32.5 Å². The average molecular weight is 324 g/mol. The first-order valence-electron chi connectivity index (χ1n) is 6.77. The minimum absolute atomic E-state index is 0.0232. The lowest BCUT2D eigenvalue weighted by molar-refractivity contribution is 0.603. The lowest BCUT2D eigenvalue weighted by atomic mass is 10.2. The molecule has 1 aliphatic carbocycles. The molecule has 1 aromatic heterocycles. The van der Waals surface area contributed by atoms with Gasteiger partial charge in [0.25, 0.3) is 5.56 Å². The first-order chi connectivity index (χ1) is 9.96. The van der Waals surface area contributed by atoms with Crippen LogP contribution in [0.3, 0.4) is 0 Å². The second-order valence-electron chi connectivity index (χ2n) is 5.30. The third-order valence-electron chi connectivity index (χ3n) is 3.37. The zero-order valence-electron chi connectivity index (χ0n) is 11.7. The van der Waals surface area contributed by atoms with E-state index in [0.717, 1.165) is 12.8 Å². The summed E-state index contributed by atoms with van der Waals surface area (Å²) in [6, 6.07) is 7.50. The van der Waals surface area contributed by atoms with Gasteiger partial charge in [0, 0.05) is 18.1 Å². The van der Waals surface area contributed by atoms with Gasteiger partial charge in [-0.05, 0) is 25.0 Å². The number of benzene rings is 1. The molecule has 2 aromatic rings. The Bertz CT molecular complexity index is 839. The fraction of sp³-hybridized carbons (Fsp3) is 0.429. The van der Waals surface area contributed by atoms with Crippen LogP contribution in [0.1, 0.15) is 18.9 Å². The van der Waals surface area contributed by atoms with Crippen molar-refractivity contribution in [2.45, 2.75) is 24.0 Å². The van der Waals surface area contributed by atoms with E-state index in [-0.39, 0.29) is 17.4 Å². The molecule has 1 fully saturated rings. The van der Waals surface area contributed by atoms with E-state index in [1.165, 1.54) is 18.0 Å². The van der Waals surface area contributed by atoms with Crippen molar-refractivity contribution in [2.75, 3.05) is 17.8 Å². The molecular weight excluding hydrogens is 308 g/mol. The lowest BCUT2D eigenvalue weighted by Crippen LogP contribution is -2.22. The van der Waals surface area contributed by atoms with Gasteiger partial charge < -0.3 is 0 Å². The Balaban J connectivity index is 2.00. The molecule has 21 heavy (non-hydrogen) atoms. The molecule has 1 heterocycles. The van der Waals surface area contributed by atoms with Crippen LogP contribution in [0.15, 0.2) is 34.2 Å². The summed E-state index contributed by atoms with van der Waals surface area (Å²) in [5, 5.41) is 1.25. The summed E-state index contributed by atoms with van der Waals surface area (Å²) in [6.45, 7) is 0. The number of hydrogen-bond donors (Lipinski definition) is 0. The highest BCUT2D eigenvalue weighted by atomic mass is 32.2. The smallest absolute Gasteiger partial charge is 0.262 e. The monoisotopic (exact) mass is 324 g/mol. The predicted octanol–water partition coefficient (Wildman–Crippen LogP) is 1.87. The first-order valence-corrected chi connectivity index (χ1v) is 9.82. The second kappa shape index (κ2) is 5.46. The van der Waals surface area contributed by atoms with E-state index in [2.05, 4.69) is 4.98 Å². The minimum Gasteiger partial charge on any atom is -0.284 e. The van der Waals surface area contributed by atoms with Crippen LogP contribution < -0.4 is 5.56 Å². The number of nitrogens with zero attached hydrogens (tertiary/aromatic N) is 2. The Morgan fingerprint density at radius 2 is 2.05 bits per heavy atom. The van der Waals surface area contributed by atoms with E-state index >= 15 is 0 Å². The molecule has 112 valence electrons. The van der Waals surface area contributed by atoms with Gasteiger partial charge in [-0.3, -0.25) is 9.36 Å². The normalized spacial score (nSPS) is 15.5. The van der Waals surface area contributed by atoms with E-state index < -0.39 is 9.84 Å². The van der Waals surface area contributed by atoms with Gasteiger partial charge in [-0.2, -0.15) is 0 Å². The van der Waals surface area contributed by atoms with Crippen LogP contribution in [0.2, 0.25) is 0 Å². The Labute approximate surface area is 127 Å². The molecule has 0 unspecified atom stereocenters. The number of thioether (sulfide) groups is 1. The summed E-state index contributed by atoms with van der Waals surface area (Å²) >= 11 is 1.34. The number of aromatic nitrogens is 2. The highest BCUT2D eigenvalue weighted by Gasteiger charge is 2.28. The van der Waals surface area contributed by atoms with Gasteiger partial charge >= 0.3 is 0 Å². The molecule has 1 saturated carbocycles. The molecule has 1 aliphatic rings. The summed E-state index contributed by atoms with van der Waals surface area (Å²) in [4.78, 5) is 17.1. The molecule has 7 heteroatoms. The number of hydrogen-bond acceptors (Lipinski definition) is 5. The van der Waals surface area contributed by atoms with Gasteiger partial charge in [-0.25, -0.2) is 13.4 Å². The molecule has 5 nitrogen and oxygen atoms in total. The third-order valence-corrected chi connectivity index (χ3v) is 5.53. The molecule has 0 aliphatic heterocycles. The van der Waals surface area contributed by atoms with Crippen LogP contribution in [0.5, 0.6) is 0 Å². The predicted molar refractivity (Wildman–Crippen MR) is 84.7 cm³/mol. The molecular formula is C14H16N2O3S2. The summed E-state index contributed by atoms with van der Waals surface area (Å²) in [5.74, 6) is 0.501. The van der Waals surface area contributed by atoms with Crippen LogP contribution in [0.25, 0.3) is 10.9 Å². The fourth-order valence-electron chi connectivity index (χ4n) is 2.17. The SMILES string of the molecule is CS(=O)(=O)CCSc1nc2ccccc2c(=O)n1C1CC1. The van der Waals surface area contributed by atoms with E-state index in [1.807, 2.05) is 18.2 Å². The fourth-order valence-corrected chi connectivity index (χ4v) is 4.43. The molecule has 0 radical (unpaired) electrons. The van der Waals surface area contributed by atoms with Crippen LogP contribution in [-0.4, -0.2) is 35.7 Å². The van der Waals surface area contributed by atoms with E-state index in [1.54, 1.807) is 10.6 Å². The van der Waals surface area contributed by atoms with Gasteiger partial charge in [-0.1, -0.05) is 23.9 Å². The quantitative estimate of drug-likeness (QED) is 0.620. The molecule has 0 spiro atoms. The van der Waals surface area contributed by atoms with Crippen LogP contribution >= 0.6 is 11.8 Å². The topological polar surface area (TPSA) is 69.0 Å². The zero-order valence-corrected chi connectivity index (χ0v) is 13.3. The zero-order chi connectivity index (χ0) is 15.0. The Hall–Kier alpha value is -1.34. The highest BCUT2D eigenvalue weighted by molar-refractivity contribution is 8.00. The Morgan fingerprint density at radius 1 is 1.33 bits per heavy atom. The maximum atomic E-state index is 12.6. The van der Waals surface area contributed by atoms with Crippen molar-refractivity contribution < 1.29 is 8.42 Å².